The van der Waals surface area contributed by atoms with E-state index in [2.05, 4.69) is 15.4 Å². The normalized spacial score (nSPS) is 35.6. The van der Waals surface area contributed by atoms with Crippen LogP contribution in [0, 0.1) is 29.6 Å². The Balaban J connectivity index is 1.55. The van der Waals surface area contributed by atoms with Crippen molar-refractivity contribution in [3.8, 4) is 0 Å². The Morgan fingerprint density at radius 3 is 2.80 bits per heavy atom. The van der Waals surface area contributed by atoms with Crippen LogP contribution in [-0.2, 0) is 11.4 Å². The average Bonchev–Trinajstić information content (AvgIpc) is 3.30. The molecule has 3 N–H and O–H groups in total. The number of aliphatic hydroxyl groups excluding tert-OH is 1. The summed E-state index contributed by atoms with van der Waals surface area (Å²) in [6.07, 6.45) is 3.25. The smallest absolute Gasteiger partial charge is 0.308 e. The van der Waals surface area contributed by atoms with E-state index in [0.29, 0.717) is 34.8 Å². The molecule has 25 heavy (non-hydrogen) atoms. The number of nitrogens with one attached hydrogen (secondary N) is 1. The van der Waals surface area contributed by atoms with E-state index in [0.717, 1.165) is 19.3 Å². The van der Waals surface area contributed by atoms with Gasteiger partial charge in [-0.25, -0.2) is 4.52 Å². The van der Waals surface area contributed by atoms with Gasteiger partial charge >= 0.3 is 5.97 Å². The van der Waals surface area contributed by atoms with E-state index in [1.165, 1.54) is 0 Å². The summed E-state index contributed by atoms with van der Waals surface area (Å²) in [6, 6.07) is 3.45. The first-order valence-corrected chi connectivity index (χ1v) is 9.10. The molecule has 6 atom stereocenters. The van der Waals surface area contributed by atoms with Crippen molar-refractivity contribution in [3.63, 3.8) is 0 Å². The van der Waals surface area contributed by atoms with E-state index in [-0.39, 0.29) is 29.8 Å². The summed E-state index contributed by atoms with van der Waals surface area (Å²) in [6.45, 7) is -0.156. The largest absolute Gasteiger partial charge is 0.481 e. The molecule has 4 aliphatic carbocycles. The fraction of sp³-hybridized carbons (Fsp3) is 0.588. The molecule has 0 aromatic carbocycles. The predicted octanol–water partition coefficient (Wildman–Crippen LogP) is 2.03. The number of anilines is 1. The van der Waals surface area contributed by atoms with Gasteiger partial charge in [0, 0.05) is 6.04 Å². The number of hydrogen-bond acceptors (Lipinski definition) is 5. The molecule has 6 rings (SSSR count). The van der Waals surface area contributed by atoms with Gasteiger partial charge in [0.25, 0.3) is 0 Å². The number of carbonyl (C=O) groups is 1. The summed E-state index contributed by atoms with van der Waals surface area (Å²) in [5, 5.41) is 26.9. The second kappa shape index (κ2) is 5.32. The number of aliphatic hydroxyl groups is 1. The zero-order valence-electron chi connectivity index (χ0n) is 13.5. The Labute approximate surface area is 149 Å². The minimum absolute atomic E-state index is 0.0676. The van der Waals surface area contributed by atoms with Gasteiger partial charge in [0.1, 0.15) is 5.52 Å². The molecule has 2 aromatic rings. The highest BCUT2D eigenvalue weighted by Gasteiger charge is 2.63. The number of carboxylic acid groups (broad SMARTS) is 1. The Bertz CT molecular complexity index is 869. The van der Waals surface area contributed by atoms with Crippen LogP contribution < -0.4 is 5.32 Å². The molecule has 132 valence electrons. The van der Waals surface area contributed by atoms with Gasteiger partial charge in [-0.15, -0.1) is 5.10 Å². The van der Waals surface area contributed by atoms with Crippen LogP contribution in [0.25, 0.3) is 5.52 Å². The highest BCUT2D eigenvalue weighted by Crippen LogP contribution is 2.64. The summed E-state index contributed by atoms with van der Waals surface area (Å²) in [5.41, 5.74) is 1.32. The number of fused-ring (bicyclic) bond motifs is 3. The zero-order chi connectivity index (χ0) is 17.3. The maximum atomic E-state index is 12.0. The molecule has 2 bridgehead atoms. The number of aromatic nitrogens is 3. The monoisotopic (exact) mass is 362 g/mol. The highest BCUT2D eigenvalue weighted by atomic mass is 35.5. The summed E-state index contributed by atoms with van der Waals surface area (Å²) < 4.78 is 1.56. The summed E-state index contributed by atoms with van der Waals surface area (Å²) in [4.78, 5) is 16.3. The van der Waals surface area contributed by atoms with Gasteiger partial charge in [-0.05, 0) is 66.7 Å². The molecular weight excluding hydrogens is 344 g/mol. The number of nitrogens with zero attached hydrogens (tertiary/aromatic N) is 3. The average molecular weight is 363 g/mol. The van der Waals surface area contributed by atoms with Crippen molar-refractivity contribution in [3.05, 3.63) is 23.1 Å². The molecule has 2 heterocycles. The number of halogens is 1. The van der Waals surface area contributed by atoms with E-state index in [4.69, 9.17) is 11.6 Å². The molecule has 7 nitrogen and oxygen atoms in total. The van der Waals surface area contributed by atoms with Crippen molar-refractivity contribution >= 4 is 28.9 Å². The van der Waals surface area contributed by atoms with Crippen LogP contribution in [0.4, 0.5) is 5.82 Å². The van der Waals surface area contributed by atoms with Gasteiger partial charge in [-0.3, -0.25) is 4.79 Å². The maximum Gasteiger partial charge on any atom is 0.308 e. The lowest BCUT2D eigenvalue weighted by molar-refractivity contribution is -0.148. The molecule has 4 saturated carbocycles. The van der Waals surface area contributed by atoms with Gasteiger partial charge in [-0.1, -0.05) is 0 Å². The van der Waals surface area contributed by atoms with E-state index in [9.17, 15) is 15.0 Å². The lowest BCUT2D eigenvalue weighted by atomic mass is 9.61. The van der Waals surface area contributed by atoms with Gasteiger partial charge in [0.05, 0.1) is 18.2 Å². The number of carboxylic acids is 1. The van der Waals surface area contributed by atoms with Crippen molar-refractivity contribution in [1.82, 2.24) is 14.6 Å². The third-order valence-electron chi connectivity index (χ3n) is 6.45. The molecule has 0 spiro atoms. The second-order valence-corrected chi connectivity index (χ2v) is 7.85. The molecule has 0 amide bonds. The molecule has 8 heteroatoms. The fourth-order valence-corrected chi connectivity index (χ4v) is 5.56. The van der Waals surface area contributed by atoms with Crippen LogP contribution in [-0.4, -0.2) is 36.8 Å². The lowest BCUT2D eigenvalue weighted by Gasteiger charge is -2.46. The third-order valence-corrected chi connectivity index (χ3v) is 6.61. The van der Waals surface area contributed by atoms with Gasteiger partial charge < -0.3 is 15.5 Å². The molecule has 2 unspecified atom stereocenters. The molecule has 0 radical (unpaired) electrons. The molecular formula is C17H19ClN4O3. The quantitative estimate of drug-likeness (QED) is 0.769. The van der Waals surface area contributed by atoms with Crippen molar-refractivity contribution in [2.45, 2.75) is 31.9 Å². The predicted molar refractivity (Wildman–Crippen MR) is 90.3 cm³/mol. The third kappa shape index (κ3) is 2.18. The van der Waals surface area contributed by atoms with Crippen LogP contribution >= 0.6 is 11.6 Å². The Morgan fingerprint density at radius 1 is 1.28 bits per heavy atom. The SMILES string of the molecule is O=C(O)[C@@H]1[C@@H](Nc2nc(Cl)nn3c(CO)ccc23)[C@@H]2CC[C@H]1C1CC12. The topological polar surface area (TPSA) is 99.8 Å². The van der Waals surface area contributed by atoms with Crippen LogP contribution in [0.5, 0.6) is 0 Å². The minimum atomic E-state index is -0.722. The van der Waals surface area contributed by atoms with Gasteiger partial charge in [0.2, 0.25) is 5.28 Å². The van der Waals surface area contributed by atoms with Crippen LogP contribution in [0.3, 0.4) is 0 Å². The number of hydrogen-bond donors (Lipinski definition) is 3. The summed E-state index contributed by atoms with van der Waals surface area (Å²) >= 11 is 6.06. The Morgan fingerprint density at radius 2 is 2.04 bits per heavy atom. The van der Waals surface area contributed by atoms with Crippen molar-refractivity contribution in [1.29, 1.82) is 0 Å². The molecule has 2 aromatic heterocycles. The second-order valence-electron chi connectivity index (χ2n) is 7.51. The first-order valence-electron chi connectivity index (χ1n) is 8.73. The lowest BCUT2D eigenvalue weighted by Crippen LogP contribution is -2.52. The van der Waals surface area contributed by atoms with Crippen LogP contribution in [0.2, 0.25) is 5.28 Å². The first kappa shape index (κ1) is 15.4. The molecule has 0 aliphatic heterocycles. The van der Waals surface area contributed by atoms with E-state index in [1.807, 2.05) is 6.07 Å². The molecule has 4 fully saturated rings. The Hall–Kier alpha value is -1.86. The van der Waals surface area contributed by atoms with E-state index >= 15 is 0 Å². The summed E-state index contributed by atoms with van der Waals surface area (Å²) in [5.74, 6) is 1.32. The number of aliphatic carboxylic acids is 1. The Kier molecular flexibility index (Phi) is 3.27. The minimum Gasteiger partial charge on any atom is -0.481 e. The zero-order valence-corrected chi connectivity index (χ0v) is 14.2. The first-order chi connectivity index (χ1) is 12.1. The highest BCUT2D eigenvalue weighted by molar-refractivity contribution is 6.28. The van der Waals surface area contributed by atoms with Crippen LogP contribution in [0.15, 0.2) is 12.1 Å². The van der Waals surface area contributed by atoms with Crippen molar-refractivity contribution in [2.24, 2.45) is 29.6 Å². The van der Waals surface area contributed by atoms with E-state index < -0.39 is 5.97 Å². The standard InChI is InChI=1S/C17H19ClN4O3/c18-17-20-15(12-4-1-7(6-23)22(12)21-17)19-14-9-3-2-8(10-5-11(9)10)13(14)16(24)25/h1,4,8-11,13-14,23H,2-3,5-6H2,(H,24,25)(H,19,20,21)/t8-,9+,10?,11?,13-,14-/m0/s1. The van der Waals surface area contributed by atoms with Gasteiger partial charge in [0.15, 0.2) is 5.82 Å². The van der Waals surface area contributed by atoms with Crippen molar-refractivity contribution in [2.75, 3.05) is 5.32 Å². The fourth-order valence-electron chi connectivity index (χ4n) is 5.40. The van der Waals surface area contributed by atoms with Crippen LogP contribution in [0.1, 0.15) is 25.0 Å². The maximum absolute atomic E-state index is 12.0. The van der Waals surface area contributed by atoms with Crippen molar-refractivity contribution < 1.29 is 15.0 Å². The number of rotatable bonds is 4. The summed E-state index contributed by atoms with van der Waals surface area (Å²) in [7, 11) is 0. The molecule has 0 saturated heterocycles. The van der Waals surface area contributed by atoms with Gasteiger partial charge in [-0.2, -0.15) is 4.98 Å². The molecule has 4 aliphatic rings. The van der Waals surface area contributed by atoms with E-state index in [1.54, 1.807) is 10.6 Å².